The van der Waals surface area contributed by atoms with Crippen LogP contribution >= 0.6 is 0 Å². The number of carboxylic acid groups (broad SMARTS) is 1. The number of nitrogens with zero attached hydrogens (tertiary/aromatic N) is 2. The summed E-state index contributed by atoms with van der Waals surface area (Å²) in [5, 5.41) is 8.83. The van der Waals surface area contributed by atoms with Crippen molar-refractivity contribution in [1.29, 1.82) is 0 Å². The molecule has 0 spiro atoms. The molecule has 1 saturated heterocycles. The minimum Gasteiger partial charge on any atom is -0.477 e. The second-order valence-electron chi connectivity index (χ2n) is 3.91. The molecule has 1 aromatic heterocycles. The summed E-state index contributed by atoms with van der Waals surface area (Å²) in [6, 6.07) is 3.04. The van der Waals surface area contributed by atoms with Gasteiger partial charge in [0.05, 0.1) is 0 Å². The van der Waals surface area contributed by atoms with E-state index in [1.54, 1.807) is 17.0 Å². The fourth-order valence-electron chi connectivity index (χ4n) is 1.85. The zero-order valence-corrected chi connectivity index (χ0v) is 9.17. The summed E-state index contributed by atoms with van der Waals surface area (Å²) in [6.07, 6.45) is 3.57. The van der Waals surface area contributed by atoms with Gasteiger partial charge in [-0.25, -0.2) is 9.78 Å². The van der Waals surface area contributed by atoms with Gasteiger partial charge in [0.2, 0.25) is 5.91 Å². The maximum absolute atomic E-state index is 11.7. The third-order valence-corrected chi connectivity index (χ3v) is 2.76. The van der Waals surface area contributed by atoms with Crippen LogP contribution in [0.3, 0.4) is 0 Å². The van der Waals surface area contributed by atoms with Crippen LogP contribution in [0.5, 0.6) is 0 Å². The highest BCUT2D eigenvalue weighted by atomic mass is 16.4. The molecule has 5 heteroatoms. The Morgan fingerprint density at radius 1 is 1.65 bits per heavy atom. The minimum atomic E-state index is -1.10. The number of carbonyl (C=O) groups excluding carboxylic acids is 1. The first-order chi connectivity index (χ1) is 8.11. The molecule has 0 saturated carbocycles. The lowest BCUT2D eigenvalue weighted by Crippen LogP contribution is -2.24. The largest absolute Gasteiger partial charge is 0.477 e. The van der Waals surface area contributed by atoms with Crippen LogP contribution in [-0.4, -0.2) is 28.5 Å². The quantitative estimate of drug-likeness (QED) is 0.798. The second kappa shape index (κ2) is 4.37. The number of hydrogen-bond acceptors (Lipinski definition) is 3. The fourth-order valence-corrected chi connectivity index (χ4v) is 1.85. The molecule has 0 bridgehead atoms. The van der Waals surface area contributed by atoms with Crippen LogP contribution in [-0.2, 0) is 4.79 Å². The van der Waals surface area contributed by atoms with Crippen LogP contribution in [0.1, 0.15) is 16.9 Å². The van der Waals surface area contributed by atoms with Crippen molar-refractivity contribution in [2.24, 2.45) is 5.92 Å². The highest BCUT2D eigenvalue weighted by Gasteiger charge is 2.29. The van der Waals surface area contributed by atoms with Crippen molar-refractivity contribution in [3.05, 3.63) is 36.7 Å². The monoisotopic (exact) mass is 232 g/mol. The van der Waals surface area contributed by atoms with Gasteiger partial charge in [0.25, 0.3) is 0 Å². The maximum atomic E-state index is 11.7. The topological polar surface area (TPSA) is 70.5 Å². The molecule has 1 unspecified atom stereocenters. The van der Waals surface area contributed by atoms with E-state index in [0.29, 0.717) is 18.7 Å². The van der Waals surface area contributed by atoms with Gasteiger partial charge in [-0.1, -0.05) is 6.08 Å². The van der Waals surface area contributed by atoms with Gasteiger partial charge in [0, 0.05) is 30.8 Å². The lowest BCUT2D eigenvalue weighted by atomic mass is 10.1. The third kappa shape index (κ3) is 2.18. The summed E-state index contributed by atoms with van der Waals surface area (Å²) in [5.74, 6) is -0.986. The van der Waals surface area contributed by atoms with Gasteiger partial charge in [-0.2, -0.15) is 0 Å². The van der Waals surface area contributed by atoms with Crippen molar-refractivity contribution in [3.63, 3.8) is 0 Å². The zero-order valence-electron chi connectivity index (χ0n) is 9.17. The highest BCUT2D eigenvalue weighted by Crippen LogP contribution is 2.25. The van der Waals surface area contributed by atoms with Crippen LogP contribution < -0.4 is 4.90 Å². The van der Waals surface area contributed by atoms with Crippen LogP contribution in [0.4, 0.5) is 5.69 Å². The molecule has 1 fully saturated rings. The molecule has 2 heterocycles. The average Bonchev–Trinajstić information content (AvgIpc) is 2.71. The van der Waals surface area contributed by atoms with E-state index in [1.165, 1.54) is 12.3 Å². The molecule has 0 aliphatic carbocycles. The van der Waals surface area contributed by atoms with E-state index in [-0.39, 0.29) is 17.5 Å². The van der Waals surface area contributed by atoms with Gasteiger partial charge in [0.1, 0.15) is 5.69 Å². The lowest BCUT2D eigenvalue weighted by molar-refractivity contribution is -0.117. The first-order valence-electron chi connectivity index (χ1n) is 5.24. The normalized spacial score (nSPS) is 19.4. The van der Waals surface area contributed by atoms with Gasteiger partial charge < -0.3 is 10.0 Å². The smallest absolute Gasteiger partial charge is 0.354 e. The molecule has 5 nitrogen and oxygen atoms in total. The molecule has 1 aliphatic heterocycles. The second-order valence-corrected chi connectivity index (χ2v) is 3.91. The van der Waals surface area contributed by atoms with E-state index in [0.717, 1.165) is 0 Å². The molecule has 17 heavy (non-hydrogen) atoms. The molecule has 88 valence electrons. The molecular formula is C12H12N2O3. The predicted molar refractivity (Wildman–Crippen MR) is 61.9 cm³/mol. The lowest BCUT2D eigenvalue weighted by Gasteiger charge is -2.16. The van der Waals surface area contributed by atoms with E-state index < -0.39 is 5.97 Å². The number of aromatic nitrogens is 1. The molecule has 1 amide bonds. The van der Waals surface area contributed by atoms with Crippen molar-refractivity contribution in [3.8, 4) is 0 Å². The summed E-state index contributed by atoms with van der Waals surface area (Å²) < 4.78 is 0. The molecule has 1 atom stereocenters. The van der Waals surface area contributed by atoms with E-state index >= 15 is 0 Å². The van der Waals surface area contributed by atoms with Crippen molar-refractivity contribution in [2.75, 3.05) is 11.4 Å². The van der Waals surface area contributed by atoms with E-state index in [1.807, 2.05) is 0 Å². The molecule has 1 aliphatic rings. The average molecular weight is 232 g/mol. The number of carboxylic acids is 1. The number of aromatic carboxylic acids is 1. The van der Waals surface area contributed by atoms with Crippen molar-refractivity contribution in [2.45, 2.75) is 6.42 Å². The number of rotatable bonds is 3. The Bertz CT molecular complexity index is 484. The number of amides is 1. The van der Waals surface area contributed by atoms with E-state index in [9.17, 15) is 9.59 Å². The molecule has 2 rings (SSSR count). The molecule has 1 N–H and O–H groups in total. The van der Waals surface area contributed by atoms with Crippen LogP contribution in [0.2, 0.25) is 0 Å². The summed E-state index contributed by atoms with van der Waals surface area (Å²) in [4.78, 5) is 27.8. The standard InChI is InChI=1S/C12H12N2O3/c1-2-8-5-11(15)14(7-8)9-3-4-13-10(6-9)12(16)17/h2-4,6,8H,1,5,7H2,(H,16,17). The van der Waals surface area contributed by atoms with Crippen molar-refractivity contribution < 1.29 is 14.7 Å². The van der Waals surface area contributed by atoms with Gasteiger partial charge in [-0.3, -0.25) is 4.79 Å². The Morgan fingerprint density at radius 3 is 3.00 bits per heavy atom. The first kappa shape index (κ1) is 11.3. The summed E-state index contributed by atoms with van der Waals surface area (Å²) in [5.41, 5.74) is 0.518. The van der Waals surface area contributed by atoms with Crippen molar-refractivity contribution in [1.82, 2.24) is 4.98 Å². The SMILES string of the molecule is C=CC1CC(=O)N(c2ccnc(C(=O)O)c2)C1. The van der Waals surface area contributed by atoms with Crippen LogP contribution in [0, 0.1) is 5.92 Å². The predicted octanol–water partition coefficient (Wildman–Crippen LogP) is 1.32. The molecule has 1 aromatic rings. The Morgan fingerprint density at radius 2 is 2.41 bits per heavy atom. The maximum Gasteiger partial charge on any atom is 0.354 e. The van der Waals surface area contributed by atoms with Gasteiger partial charge in [-0.15, -0.1) is 6.58 Å². The molecule has 0 radical (unpaired) electrons. The van der Waals surface area contributed by atoms with E-state index in [4.69, 9.17) is 5.11 Å². The summed E-state index contributed by atoms with van der Waals surface area (Å²) in [7, 11) is 0. The van der Waals surface area contributed by atoms with Crippen LogP contribution in [0.25, 0.3) is 0 Å². The van der Waals surface area contributed by atoms with Gasteiger partial charge in [-0.05, 0) is 12.1 Å². The van der Waals surface area contributed by atoms with Crippen LogP contribution in [0.15, 0.2) is 31.0 Å². The molecular weight excluding hydrogens is 220 g/mol. The number of carbonyl (C=O) groups is 2. The number of pyridine rings is 1. The molecule has 0 aromatic carbocycles. The highest BCUT2D eigenvalue weighted by molar-refractivity contribution is 5.97. The Kier molecular flexibility index (Phi) is 2.91. The van der Waals surface area contributed by atoms with Gasteiger partial charge >= 0.3 is 5.97 Å². The van der Waals surface area contributed by atoms with Gasteiger partial charge in [0.15, 0.2) is 0 Å². The van der Waals surface area contributed by atoms with Crippen molar-refractivity contribution >= 4 is 17.6 Å². The first-order valence-corrected chi connectivity index (χ1v) is 5.24. The third-order valence-electron chi connectivity index (χ3n) is 2.76. The Balaban J connectivity index is 2.28. The minimum absolute atomic E-state index is 0.0163. The summed E-state index contributed by atoms with van der Waals surface area (Å²) >= 11 is 0. The van der Waals surface area contributed by atoms with E-state index in [2.05, 4.69) is 11.6 Å². The fraction of sp³-hybridized carbons (Fsp3) is 0.250. The number of hydrogen-bond donors (Lipinski definition) is 1. The summed E-state index contributed by atoms with van der Waals surface area (Å²) in [6.45, 7) is 4.21. The Labute approximate surface area is 98.4 Å². The Hall–Kier alpha value is -2.17. The zero-order chi connectivity index (χ0) is 12.4. The number of anilines is 1.